The van der Waals surface area contributed by atoms with E-state index in [9.17, 15) is 14.4 Å². The van der Waals surface area contributed by atoms with E-state index in [1.807, 2.05) is 13.0 Å². The monoisotopic (exact) mass is 571 g/mol. The van der Waals surface area contributed by atoms with Crippen molar-refractivity contribution in [1.82, 2.24) is 10.7 Å². The van der Waals surface area contributed by atoms with E-state index in [4.69, 9.17) is 4.74 Å². The molecular formula is C29H38BrN3O4. The molecule has 8 heteroatoms. The fourth-order valence-corrected chi connectivity index (χ4v) is 4.10. The number of hydrazone groups is 1. The molecule has 2 aromatic carbocycles. The van der Waals surface area contributed by atoms with Gasteiger partial charge in [0.05, 0.1) is 18.3 Å². The van der Waals surface area contributed by atoms with Crippen LogP contribution in [0.15, 0.2) is 52.0 Å². The Labute approximate surface area is 228 Å². The van der Waals surface area contributed by atoms with Crippen molar-refractivity contribution in [3.63, 3.8) is 0 Å². The van der Waals surface area contributed by atoms with Crippen molar-refractivity contribution in [2.45, 2.75) is 78.1 Å². The van der Waals surface area contributed by atoms with Gasteiger partial charge < -0.3 is 10.1 Å². The summed E-state index contributed by atoms with van der Waals surface area (Å²) < 4.78 is 6.30. The van der Waals surface area contributed by atoms with Crippen LogP contribution >= 0.6 is 15.9 Å². The number of aryl methyl sites for hydroxylation is 1. The molecule has 0 radical (unpaired) electrons. The highest BCUT2D eigenvalue weighted by molar-refractivity contribution is 9.10. The summed E-state index contributed by atoms with van der Waals surface area (Å²) in [6.07, 6.45) is 12.5. The molecule has 0 bridgehead atoms. The number of halogens is 1. The van der Waals surface area contributed by atoms with Gasteiger partial charge in [0.25, 0.3) is 5.91 Å². The Balaban J connectivity index is 1.71. The number of benzene rings is 2. The van der Waals surface area contributed by atoms with Gasteiger partial charge in [0.2, 0.25) is 5.91 Å². The Kier molecular flexibility index (Phi) is 14.3. The standard InChI is InChI=1S/C29H38BrN3O4/c1-3-4-5-6-7-8-9-10-11-15-27(34)31-21-28(35)33-32-20-24-19-25(30)16-17-26(24)37-29(36)23-14-12-13-22(2)18-23/h12-14,16-20H,3-11,15,21H2,1-2H3,(H,31,34)(H,33,35). The van der Waals surface area contributed by atoms with Crippen LogP contribution in [0.2, 0.25) is 0 Å². The van der Waals surface area contributed by atoms with Gasteiger partial charge in [-0.3, -0.25) is 9.59 Å². The molecule has 0 aliphatic heterocycles. The zero-order valence-corrected chi connectivity index (χ0v) is 23.4. The first-order valence-corrected chi connectivity index (χ1v) is 13.9. The van der Waals surface area contributed by atoms with Gasteiger partial charge in [0.15, 0.2) is 0 Å². The lowest BCUT2D eigenvalue weighted by Crippen LogP contribution is -2.34. The van der Waals surface area contributed by atoms with Gasteiger partial charge in [-0.2, -0.15) is 5.10 Å². The van der Waals surface area contributed by atoms with E-state index in [0.717, 1.165) is 29.3 Å². The number of carbonyl (C=O) groups is 3. The Morgan fingerprint density at radius 1 is 0.919 bits per heavy atom. The van der Waals surface area contributed by atoms with Crippen molar-refractivity contribution in [1.29, 1.82) is 0 Å². The van der Waals surface area contributed by atoms with Crippen LogP contribution in [0.4, 0.5) is 0 Å². The van der Waals surface area contributed by atoms with E-state index in [0.29, 0.717) is 23.3 Å². The second-order valence-electron chi connectivity index (χ2n) is 9.09. The quantitative estimate of drug-likeness (QED) is 0.0793. The van der Waals surface area contributed by atoms with Gasteiger partial charge in [-0.25, -0.2) is 10.2 Å². The fraction of sp³-hybridized carbons (Fsp3) is 0.448. The van der Waals surface area contributed by atoms with Gasteiger partial charge >= 0.3 is 5.97 Å². The van der Waals surface area contributed by atoms with Gasteiger partial charge in [0, 0.05) is 16.5 Å². The highest BCUT2D eigenvalue weighted by atomic mass is 79.9. The number of nitrogens with zero attached hydrogens (tertiary/aromatic N) is 1. The van der Waals surface area contributed by atoms with Crippen LogP contribution in [0.1, 0.15) is 92.6 Å². The highest BCUT2D eigenvalue weighted by Gasteiger charge is 2.12. The first kappa shape index (κ1) is 30.2. The third-order valence-corrected chi connectivity index (χ3v) is 6.27. The normalized spacial score (nSPS) is 10.9. The van der Waals surface area contributed by atoms with Gasteiger partial charge in [-0.15, -0.1) is 0 Å². The molecule has 0 aromatic heterocycles. The molecule has 0 fully saturated rings. The molecule has 2 aromatic rings. The third kappa shape index (κ3) is 12.7. The minimum absolute atomic E-state index is 0.139. The largest absolute Gasteiger partial charge is 0.422 e. The number of nitrogens with one attached hydrogen (secondary N) is 2. The number of hydrogen-bond acceptors (Lipinski definition) is 5. The summed E-state index contributed by atoms with van der Waals surface area (Å²) in [5.41, 5.74) is 4.29. The van der Waals surface area contributed by atoms with Gasteiger partial charge in [-0.1, -0.05) is 91.9 Å². The van der Waals surface area contributed by atoms with E-state index in [1.165, 1.54) is 44.7 Å². The van der Waals surface area contributed by atoms with Crippen LogP contribution in [0.3, 0.4) is 0 Å². The van der Waals surface area contributed by atoms with Crippen LogP contribution in [0.5, 0.6) is 5.75 Å². The van der Waals surface area contributed by atoms with Crippen LogP contribution in [-0.4, -0.2) is 30.5 Å². The predicted octanol–water partition coefficient (Wildman–Crippen LogP) is 6.46. The third-order valence-electron chi connectivity index (χ3n) is 5.77. The fourth-order valence-electron chi connectivity index (χ4n) is 3.72. The molecule has 2 N–H and O–H groups in total. The van der Waals surface area contributed by atoms with Crippen LogP contribution in [-0.2, 0) is 9.59 Å². The maximum Gasteiger partial charge on any atom is 0.343 e. The molecule has 2 amide bonds. The SMILES string of the molecule is CCCCCCCCCCCC(=O)NCC(=O)NN=Cc1cc(Br)ccc1OC(=O)c1cccc(C)c1. The Morgan fingerprint density at radius 2 is 1.62 bits per heavy atom. The van der Waals surface area contributed by atoms with Crippen LogP contribution in [0, 0.1) is 6.92 Å². The summed E-state index contributed by atoms with van der Waals surface area (Å²) in [6.45, 7) is 3.97. The summed E-state index contributed by atoms with van der Waals surface area (Å²) >= 11 is 3.39. The molecule has 0 saturated carbocycles. The lowest BCUT2D eigenvalue weighted by molar-refractivity contribution is -0.126. The molecule has 0 spiro atoms. The maximum atomic E-state index is 12.5. The predicted molar refractivity (Wildman–Crippen MR) is 151 cm³/mol. The summed E-state index contributed by atoms with van der Waals surface area (Å²) in [5.74, 6) is -0.759. The molecule has 0 aliphatic rings. The van der Waals surface area contributed by atoms with E-state index in [1.54, 1.807) is 36.4 Å². The molecule has 37 heavy (non-hydrogen) atoms. The Morgan fingerprint density at radius 3 is 2.32 bits per heavy atom. The minimum atomic E-state index is -0.487. The highest BCUT2D eigenvalue weighted by Crippen LogP contribution is 2.23. The second-order valence-corrected chi connectivity index (χ2v) is 10.0. The Bertz CT molecular complexity index is 1060. The van der Waals surface area contributed by atoms with Gasteiger partial charge in [-0.05, 0) is 43.7 Å². The number of esters is 1. The first-order valence-electron chi connectivity index (χ1n) is 13.1. The molecule has 0 heterocycles. The van der Waals surface area contributed by atoms with Gasteiger partial charge in [0.1, 0.15) is 5.75 Å². The maximum absolute atomic E-state index is 12.5. The average Bonchev–Trinajstić information content (AvgIpc) is 2.88. The van der Waals surface area contributed by atoms with E-state index in [-0.39, 0.29) is 12.5 Å². The number of rotatable bonds is 16. The number of unbranched alkanes of at least 4 members (excludes halogenated alkanes) is 8. The number of hydrogen-bond donors (Lipinski definition) is 2. The van der Waals surface area contributed by atoms with Crippen molar-refractivity contribution < 1.29 is 19.1 Å². The number of carbonyl (C=O) groups excluding carboxylic acids is 3. The summed E-state index contributed by atoms with van der Waals surface area (Å²) in [5, 5.41) is 6.57. The van der Waals surface area contributed by atoms with Crippen LogP contribution < -0.4 is 15.5 Å². The van der Waals surface area contributed by atoms with Crippen molar-refractivity contribution in [2.24, 2.45) is 5.10 Å². The molecule has 0 atom stereocenters. The smallest absolute Gasteiger partial charge is 0.343 e. The number of amides is 2. The van der Waals surface area contributed by atoms with Crippen molar-refractivity contribution in [3.05, 3.63) is 63.6 Å². The minimum Gasteiger partial charge on any atom is -0.422 e. The lowest BCUT2D eigenvalue weighted by Gasteiger charge is -2.08. The van der Waals surface area contributed by atoms with Crippen molar-refractivity contribution in [3.8, 4) is 5.75 Å². The average molecular weight is 573 g/mol. The zero-order chi connectivity index (χ0) is 26.9. The lowest BCUT2D eigenvalue weighted by atomic mass is 10.1. The van der Waals surface area contributed by atoms with Crippen molar-refractivity contribution in [2.75, 3.05) is 6.54 Å². The molecule has 2 rings (SSSR count). The van der Waals surface area contributed by atoms with E-state index < -0.39 is 11.9 Å². The molecule has 0 unspecified atom stereocenters. The molecule has 200 valence electrons. The molecule has 0 saturated heterocycles. The Hall–Kier alpha value is -3.00. The summed E-state index contributed by atoms with van der Waals surface area (Å²) in [6, 6.07) is 12.2. The second kappa shape index (κ2) is 17.5. The van der Waals surface area contributed by atoms with Crippen LogP contribution in [0.25, 0.3) is 0 Å². The van der Waals surface area contributed by atoms with E-state index in [2.05, 4.69) is 38.7 Å². The first-order chi connectivity index (χ1) is 17.9. The molecule has 7 nitrogen and oxygen atoms in total. The topological polar surface area (TPSA) is 96.9 Å². The molecule has 0 aliphatic carbocycles. The number of ether oxygens (including phenoxy) is 1. The van der Waals surface area contributed by atoms with Crippen molar-refractivity contribution >= 4 is 39.9 Å². The summed E-state index contributed by atoms with van der Waals surface area (Å²) in [4.78, 5) is 36.6. The zero-order valence-electron chi connectivity index (χ0n) is 21.9. The van der Waals surface area contributed by atoms with E-state index >= 15 is 0 Å². The molecular weight excluding hydrogens is 534 g/mol. The summed E-state index contributed by atoms with van der Waals surface area (Å²) in [7, 11) is 0.